The lowest BCUT2D eigenvalue weighted by molar-refractivity contribution is -0.132. The van der Waals surface area contributed by atoms with Crippen molar-refractivity contribution in [1.29, 1.82) is 0 Å². The number of benzene rings is 1. The van der Waals surface area contributed by atoms with Crippen LogP contribution in [0.25, 0.3) is 0 Å². The van der Waals surface area contributed by atoms with Crippen LogP contribution in [0.1, 0.15) is 39.5 Å². The van der Waals surface area contributed by atoms with Crippen molar-refractivity contribution in [2.75, 3.05) is 44.6 Å². The van der Waals surface area contributed by atoms with Gasteiger partial charge in [-0.3, -0.25) is 9.59 Å². The number of nitrogens with one attached hydrogen (secondary N) is 1. The first-order valence-electron chi connectivity index (χ1n) is 10.3. The molecule has 7 nitrogen and oxygen atoms in total. The highest BCUT2D eigenvalue weighted by Crippen LogP contribution is 2.16. The zero-order valence-corrected chi connectivity index (χ0v) is 18.1. The van der Waals surface area contributed by atoms with E-state index in [-0.39, 0.29) is 17.8 Å². The summed E-state index contributed by atoms with van der Waals surface area (Å²) < 4.78 is 0. The first-order valence-corrected chi connectivity index (χ1v) is 10.7. The number of halogens is 1. The third-order valence-electron chi connectivity index (χ3n) is 5.11. The molecule has 1 aromatic rings. The van der Waals surface area contributed by atoms with E-state index >= 15 is 0 Å². The predicted octanol–water partition coefficient (Wildman–Crippen LogP) is 3.44. The van der Waals surface area contributed by atoms with E-state index in [1.165, 1.54) is 0 Å². The lowest BCUT2D eigenvalue weighted by Crippen LogP contribution is -2.39. The SMILES string of the molecule is CCN(CC)C(=O)CCCC(=O)N1CCCN(C(=O)Nc2cccc(Cl)c2)CC1. The molecule has 1 aliphatic rings. The molecule has 0 unspecified atom stereocenters. The van der Waals surface area contributed by atoms with Gasteiger partial charge in [-0.1, -0.05) is 17.7 Å². The fourth-order valence-corrected chi connectivity index (χ4v) is 3.61. The molecule has 8 heteroatoms. The Kier molecular flexibility index (Phi) is 9.25. The summed E-state index contributed by atoms with van der Waals surface area (Å²) in [5, 5.41) is 3.41. The van der Waals surface area contributed by atoms with Crippen LogP contribution in [0.15, 0.2) is 24.3 Å². The summed E-state index contributed by atoms with van der Waals surface area (Å²) in [6.45, 7) is 7.52. The maximum Gasteiger partial charge on any atom is 0.321 e. The molecule has 1 fully saturated rings. The van der Waals surface area contributed by atoms with E-state index in [9.17, 15) is 14.4 Å². The third-order valence-corrected chi connectivity index (χ3v) is 5.34. The van der Waals surface area contributed by atoms with E-state index in [0.29, 0.717) is 69.2 Å². The Morgan fingerprint density at radius 1 is 1.03 bits per heavy atom. The number of nitrogens with zero attached hydrogens (tertiary/aromatic N) is 3. The Morgan fingerprint density at radius 2 is 1.72 bits per heavy atom. The fourth-order valence-electron chi connectivity index (χ4n) is 3.42. The topological polar surface area (TPSA) is 73.0 Å². The molecule has 0 spiro atoms. The number of hydrogen-bond acceptors (Lipinski definition) is 3. The summed E-state index contributed by atoms with van der Waals surface area (Å²) in [6.07, 6.45) is 2.05. The number of hydrogen-bond donors (Lipinski definition) is 1. The summed E-state index contributed by atoms with van der Waals surface area (Å²) in [7, 11) is 0. The Bertz CT molecular complexity index is 709. The van der Waals surface area contributed by atoms with Crippen molar-refractivity contribution >= 4 is 35.1 Å². The van der Waals surface area contributed by atoms with E-state index in [2.05, 4.69) is 5.32 Å². The Labute approximate surface area is 178 Å². The molecule has 0 saturated carbocycles. The molecule has 0 radical (unpaired) electrons. The molecule has 4 amide bonds. The van der Waals surface area contributed by atoms with Crippen LogP contribution in [0.3, 0.4) is 0 Å². The minimum atomic E-state index is -0.189. The van der Waals surface area contributed by atoms with Gasteiger partial charge in [-0.2, -0.15) is 0 Å². The van der Waals surface area contributed by atoms with Crippen molar-refractivity contribution in [3.05, 3.63) is 29.3 Å². The van der Waals surface area contributed by atoms with Crippen LogP contribution in [-0.4, -0.2) is 71.8 Å². The molecule has 1 aliphatic heterocycles. The molecule has 0 aliphatic carbocycles. The maximum atomic E-state index is 12.5. The van der Waals surface area contributed by atoms with Crippen LogP contribution >= 0.6 is 11.6 Å². The minimum absolute atomic E-state index is 0.0504. The summed E-state index contributed by atoms with van der Waals surface area (Å²) in [5.41, 5.74) is 0.651. The summed E-state index contributed by atoms with van der Waals surface area (Å²) in [4.78, 5) is 42.4. The lowest BCUT2D eigenvalue weighted by atomic mass is 10.2. The normalized spacial score (nSPS) is 14.3. The van der Waals surface area contributed by atoms with Gasteiger partial charge in [-0.05, 0) is 44.9 Å². The van der Waals surface area contributed by atoms with Crippen molar-refractivity contribution < 1.29 is 14.4 Å². The van der Waals surface area contributed by atoms with Gasteiger partial charge < -0.3 is 20.0 Å². The van der Waals surface area contributed by atoms with Crippen molar-refractivity contribution in [1.82, 2.24) is 14.7 Å². The highest BCUT2D eigenvalue weighted by molar-refractivity contribution is 6.30. The molecule has 160 valence electrons. The third kappa shape index (κ3) is 7.24. The van der Waals surface area contributed by atoms with Crippen molar-refractivity contribution in [3.63, 3.8) is 0 Å². The van der Waals surface area contributed by atoms with E-state index in [1.807, 2.05) is 13.8 Å². The van der Waals surface area contributed by atoms with Gasteiger partial charge in [0, 0.05) is 62.8 Å². The van der Waals surface area contributed by atoms with Crippen LogP contribution in [-0.2, 0) is 9.59 Å². The zero-order chi connectivity index (χ0) is 21.2. The summed E-state index contributed by atoms with van der Waals surface area (Å²) in [5.74, 6) is 0.150. The average molecular weight is 423 g/mol. The molecule has 0 atom stereocenters. The number of rotatable bonds is 7. The predicted molar refractivity (Wildman–Crippen MR) is 115 cm³/mol. The quantitative estimate of drug-likeness (QED) is 0.731. The number of urea groups is 1. The summed E-state index contributed by atoms with van der Waals surface area (Å²) in [6, 6.07) is 6.84. The average Bonchev–Trinajstić information content (AvgIpc) is 2.95. The summed E-state index contributed by atoms with van der Waals surface area (Å²) >= 11 is 5.96. The Hall–Kier alpha value is -2.28. The number of amides is 4. The van der Waals surface area contributed by atoms with Crippen molar-refractivity contribution in [3.8, 4) is 0 Å². The minimum Gasteiger partial charge on any atom is -0.343 e. The van der Waals surface area contributed by atoms with E-state index in [1.54, 1.807) is 39.0 Å². The molecule has 1 aromatic carbocycles. The molecule has 1 saturated heterocycles. The van der Waals surface area contributed by atoms with Crippen LogP contribution in [0, 0.1) is 0 Å². The van der Waals surface area contributed by atoms with Crippen LogP contribution in [0.2, 0.25) is 5.02 Å². The lowest BCUT2D eigenvalue weighted by Gasteiger charge is -2.23. The Balaban J connectivity index is 1.77. The van der Waals surface area contributed by atoms with E-state index in [4.69, 9.17) is 11.6 Å². The second kappa shape index (κ2) is 11.7. The van der Waals surface area contributed by atoms with Gasteiger partial charge in [-0.15, -0.1) is 0 Å². The molecular weight excluding hydrogens is 392 g/mol. The first kappa shape index (κ1) is 23.0. The van der Waals surface area contributed by atoms with Gasteiger partial charge in [0.05, 0.1) is 0 Å². The molecule has 0 aromatic heterocycles. The maximum absolute atomic E-state index is 12.5. The second-order valence-electron chi connectivity index (χ2n) is 7.08. The molecule has 0 bridgehead atoms. The van der Waals surface area contributed by atoms with Gasteiger partial charge in [0.2, 0.25) is 11.8 Å². The number of carbonyl (C=O) groups is 3. The molecule has 1 heterocycles. The second-order valence-corrected chi connectivity index (χ2v) is 7.52. The monoisotopic (exact) mass is 422 g/mol. The standard InChI is InChI=1S/C21H31ClN4O3/c1-3-24(4-2)19(27)10-6-11-20(28)25-12-7-13-26(15-14-25)21(29)23-18-9-5-8-17(22)16-18/h5,8-9,16H,3-4,6-7,10-15H2,1-2H3,(H,23,29). The largest absolute Gasteiger partial charge is 0.343 e. The van der Waals surface area contributed by atoms with Crippen molar-refractivity contribution in [2.45, 2.75) is 39.5 Å². The number of anilines is 1. The van der Waals surface area contributed by atoms with E-state index in [0.717, 1.165) is 6.42 Å². The van der Waals surface area contributed by atoms with Gasteiger partial charge in [-0.25, -0.2) is 4.79 Å². The zero-order valence-electron chi connectivity index (χ0n) is 17.3. The molecule has 2 rings (SSSR count). The fraction of sp³-hybridized carbons (Fsp3) is 0.571. The van der Waals surface area contributed by atoms with Crippen LogP contribution in [0.4, 0.5) is 10.5 Å². The van der Waals surface area contributed by atoms with Gasteiger partial charge in [0.25, 0.3) is 0 Å². The van der Waals surface area contributed by atoms with E-state index < -0.39 is 0 Å². The van der Waals surface area contributed by atoms with Gasteiger partial charge in [0.15, 0.2) is 0 Å². The highest BCUT2D eigenvalue weighted by atomic mass is 35.5. The first-order chi connectivity index (χ1) is 13.9. The molecule has 1 N–H and O–H groups in total. The molecular formula is C21H31ClN4O3. The van der Waals surface area contributed by atoms with Gasteiger partial charge in [0.1, 0.15) is 0 Å². The number of carbonyl (C=O) groups excluding carboxylic acids is 3. The van der Waals surface area contributed by atoms with Crippen molar-refractivity contribution in [2.24, 2.45) is 0 Å². The Morgan fingerprint density at radius 3 is 2.41 bits per heavy atom. The van der Waals surface area contributed by atoms with Crippen LogP contribution < -0.4 is 5.32 Å². The molecule has 29 heavy (non-hydrogen) atoms. The highest BCUT2D eigenvalue weighted by Gasteiger charge is 2.22. The van der Waals surface area contributed by atoms with Crippen LogP contribution in [0.5, 0.6) is 0 Å². The van der Waals surface area contributed by atoms with Gasteiger partial charge >= 0.3 is 6.03 Å². The smallest absolute Gasteiger partial charge is 0.321 e.